The molecule has 1 rings (SSSR count). The number of nitrogens with one attached hydrogen (secondary N) is 1. The van der Waals surface area contributed by atoms with E-state index in [1.54, 1.807) is 13.4 Å². The molecule has 1 N–H and O–H groups in total. The van der Waals surface area contributed by atoms with E-state index < -0.39 is 0 Å². The standard InChI is InChI=1S/C14H26N2O2/c1-5-7-15-9-14(11-17-4)16(3)10-13-6-8-18-12(13)2/h6,8,14-15H,5,7,9-11H2,1-4H3. The van der Waals surface area contributed by atoms with Crippen molar-refractivity contribution in [2.75, 3.05) is 33.9 Å². The summed E-state index contributed by atoms with van der Waals surface area (Å²) in [5.41, 5.74) is 1.24. The van der Waals surface area contributed by atoms with Crippen LogP contribution in [-0.2, 0) is 11.3 Å². The summed E-state index contributed by atoms with van der Waals surface area (Å²) in [4.78, 5) is 2.31. The van der Waals surface area contributed by atoms with Gasteiger partial charge in [-0.15, -0.1) is 0 Å². The van der Waals surface area contributed by atoms with Gasteiger partial charge in [-0.1, -0.05) is 6.92 Å². The van der Waals surface area contributed by atoms with Crippen molar-refractivity contribution in [3.05, 3.63) is 23.7 Å². The highest BCUT2D eigenvalue weighted by molar-refractivity contribution is 5.15. The van der Waals surface area contributed by atoms with E-state index in [-0.39, 0.29) is 0 Å². The normalized spacial score (nSPS) is 13.2. The predicted molar refractivity (Wildman–Crippen MR) is 73.7 cm³/mol. The maximum Gasteiger partial charge on any atom is 0.105 e. The van der Waals surface area contributed by atoms with Crippen molar-refractivity contribution in [2.24, 2.45) is 0 Å². The van der Waals surface area contributed by atoms with Gasteiger partial charge in [-0.25, -0.2) is 0 Å². The van der Waals surface area contributed by atoms with Crippen molar-refractivity contribution in [1.82, 2.24) is 10.2 Å². The molecule has 0 bridgehead atoms. The quantitative estimate of drug-likeness (QED) is 0.684. The van der Waals surface area contributed by atoms with Gasteiger partial charge in [0, 0.05) is 31.8 Å². The Hall–Kier alpha value is -0.840. The fourth-order valence-electron chi connectivity index (χ4n) is 1.95. The van der Waals surface area contributed by atoms with Crippen LogP contribution in [-0.4, -0.2) is 44.8 Å². The van der Waals surface area contributed by atoms with Gasteiger partial charge in [0.1, 0.15) is 5.76 Å². The number of furan rings is 1. The van der Waals surface area contributed by atoms with Crippen molar-refractivity contribution in [2.45, 2.75) is 32.9 Å². The molecule has 0 aromatic carbocycles. The van der Waals surface area contributed by atoms with E-state index in [1.807, 2.05) is 13.0 Å². The first kappa shape index (κ1) is 15.2. The second-order valence-corrected chi connectivity index (χ2v) is 4.73. The monoisotopic (exact) mass is 254 g/mol. The summed E-state index contributed by atoms with van der Waals surface area (Å²) in [5, 5.41) is 3.45. The lowest BCUT2D eigenvalue weighted by Crippen LogP contribution is -2.42. The lowest BCUT2D eigenvalue weighted by molar-refractivity contribution is 0.101. The van der Waals surface area contributed by atoms with Crippen LogP contribution in [0.15, 0.2) is 16.7 Å². The van der Waals surface area contributed by atoms with Gasteiger partial charge in [0.15, 0.2) is 0 Å². The van der Waals surface area contributed by atoms with Crippen LogP contribution in [0.25, 0.3) is 0 Å². The van der Waals surface area contributed by atoms with E-state index in [0.29, 0.717) is 6.04 Å². The third kappa shape index (κ3) is 4.80. The summed E-state index contributed by atoms with van der Waals surface area (Å²) in [6.45, 7) is 7.82. The van der Waals surface area contributed by atoms with Gasteiger partial charge in [0.25, 0.3) is 0 Å². The Morgan fingerprint density at radius 2 is 2.28 bits per heavy atom. The molecule has 0 radical (unpaired) electrons. The summed E-state index contributed by atoms with van der Waals surface area (Å²) in [6, 6.07) is 2.42. The van der Waals surface area contributed by atoms with Crippen LogP contribution in [0.4, 0.5) is 0 Å². The number of ether oxygens (including phenoxy) is 1. The first-order chi connectivity index (χ1) is 8.69. The molecule has 1 aromatic rings. The Balaban J connectivity index is 2.48. The highest BCUT2D eigenvalue weighted by Gasteiger charge is 2.15. The molecule has 0 fully saturated rings. The van der Waals surface area contributed by atoms with Crippen LogP contribution >= 0.6 is 0 Å². The average molecular weight is 254 g/mol. The number of likely N-dealkylation sites (N-methyl/N-ethyl adjacent to an activating group) is 1. The van der Waals surface area contributed by atoms with Gasteiger partial charge in [-0.3, -0.25) is 4.90 Å². The summed E-state index contributed by atoms with van der Waals surface area (Å²) >= 11 is 0. The SMILES string of the molecule is CCCNCC(COC)N(C)Cc1ccoc1C. The van der Waals surface area contributed by atoms with E-state index in [9.17, 15) is 0 Å². The molecule has 4 heteroatoms. The molecule has 0 aliphatic rings. The van der Waals surface area contributed by atoms with E-state index in [4.69, 9.17) is 9.15 Å². The van der Waals surface area contributed by atoms with E-state index in [2.05, 4.69) is 24.2 Å². The molecule has 18 heavy (non-hydrogen) atoms. The molecule has 4 nitrogen and oxygen atoms in total. The van der Waals surface area contributed by atoms with Crippen LogP contribution < -0.4 is 5.32 Å². The number of rotatable bonds is 9. The largest absolute Gasteiger partial charge is 0.469 e. The molecule has 1 atom stereocenters. The van der Waals surface area contributed by atoms with Crippen molar-refractivity contribution in [1.29, 1.82) is 0 Å². The Morgan fingerprint density at radius 1 is 1.50 bits per heavy atom. The Morgan fingerprint density at radius 3 is 2.83 bits per heavy atom. The number of nitrogens with zero attached hydrogens (tertiary/aromatic N) is 1. The Kier molecular flexibility index (Phi) is 7.01. The minimum atomic E-state index is 0.385. The van der Waals surface area contributed by atoms with Gasteiger partial charge >= 0.3 is 0 Å². The average Bonchev–Trinajstić information content (AvgIpc) is 2.74. The van der Waals surface area contributed by atoms with Crippen molar-refractivity contribution < 1.29 is 9.15 Å². The van der Waals surface area contributed by atoms with Crippen LogP contribution in [0.2, 0.25) is 0 Å². The summed E-state index contributed by atoms with van der Waals surface area (Å²) in [5.74, 6) is 1.000. The fourth-order valence-corrected chi connectivity index (χ4v) is 1.95. The zero-order chi connectivity index (χ0) is 13.4. The summed E-state index contributed by atoms with van der Waals surface area (Å²) < 4.78 is 10.6. The molecular weight excluding hydrogens is 228 g/mol. The highest BCUT2D eigenvalue weighted by atomic mass is 16.5. The highest BCUT2D eigenvalue weighted by Crippen LogP contribution is 2.12. The molecular formula is C14H26N2O2. The van der Waals surface area contributed by atoms with Gasteiger partial charge in [0.2, 0.25) is 0 Å². The second kappa shape index (κ2) is 8.29. The second-order valence-electron chi connectivity index (χ2n) is 4.73. The number of hydrogen-bond donors (Lipinski definition) is 1. The van der Waals surface area contributed by atoms with Gasteiger partial charge in [-0.2, -0.15) is 0 Å². The van der Waals surface area contributed by atoms with Gasteiger partial charge in [-0.05, 0) is 33.0 Å². The Bertz CT molecular complexity index is 325. The lowest BCUT2D eigenvalue weighted by Gasteiger charge is -2.27. The minimum Gasteiger partial charge on any atom is -0.469 e. The molecule has 0 saturated carbocycles. The first-order valence-corrected chi connectivity index (χ1v) is 6.61. The third-order valence-electron chi connectivity index (χ3n) is 3.18. The zero-order valence-corrected chi connectivity index (χ0v) is 12.0. The molecule has 0 spiro atoms. The smallest absolute Gasteiger partial charge is 0.105 e. The maximum absolute atomic E-state index is 5.33. The number of aryl methyl sites for hydroxylation is 1. The summed E-state index contributed by atoms with van der Waals surface area (Å²) in [6.07, 6.45) is 2.91. The Labute approximate surface area is 110 Å². The topological polar surface area (TPSA) is 37.6 Å². The van der Waals surface area contributed by atoms with E-state index in [0.717, 1.165) is 38.4 Å². The van der Waals surface area contributed by atoms with Crippen molar-refractivity contribution >= 4 is 0 Å². The lowest BCUT2D eigenvalue weighted by atomic mass is 10.2. The molecule has 1 aromatic heterocycles. The first-order valence-electron chi connectivity index (χ1n) is 6.61. The van der Waals surface area contributed by atoms with Gasteiger partial charge in [0.05, 0.1) is 12.9 Å². The number of hydrogen-bond acceptors (Lipinski definition) is 4. The minimum absolute atomic E-state index is 0.385. The third-order valence-corrected chi connectivity index (χ3v) is 3.18. The predicted octanol–water partition coefficient (Wildman–Crippen LogP) is 2.03. The molecule has 104 valence electrons. The zero-order valence-electron chi connectivity index (χ0n) is 12.0. The fraction of sp³-hybridized carbons (Fsp3) is 0.714. The van der Waals surface area contributed by atoms with Crippen molar-refractivity contribution in [3.63, 3.8) is 0 Å². The number of methoxy groups -OCH3 is 1. The molecule has 0 aliphatic heterocycles. The molecule has 0 amide bonds. The van der Waals surface area contributed by atoms with Crippen molar-refractivity contribution in [3.8, 4) is 0 Å². The molecule has 0 saturated heterocycles. The maximum atomic E-state index is 5.33. The summed E-state index contributed by atoms with van der Waals surface area (Å²) in [7, 11) is 3.88. The van der Waals surface area contributed by atoms with E-state index in [1.165, 1.54) is 5.56 Å². The molecule has 0 aliphatic carbocycles. The van der Waals surface area contributed by atoms with Crippen LogP contribution in [0.5, 0.6) is 0 Å². The van der Waals surface area contributed by atoms with Crippen LogP contribution in [0, 0.1) is 6.92 Å². The molecule has 1 heterocycles. The van der Waals surface area contributed by atoms with E-state index >= 15 is 0 Å². The van der Waals surface area contributed by atoms with Crippen LogP contribution in [0.1, 0.15) is 24.7 Å². The molecule has 1 unspecified atom stereocenters. The van der Waals surface area contributed by atoms with Crippen LogP contribution in [0.3, 0.4) is 0 Å². The van der Waals surface area contributed by atoms with Gasteiger partial charge < -0.3 is 14.5 Å².